The van der Waals surface area contributed by atoms with Crippen LogP contribution in [0.15, 0.2) is 12.7 Å². The highest BCUT2D eigenvalue weighted by Crippen LogP contribution is 2.43. The lowest BCUT2D eigenvalue weighted by Gasteiger charge is -2.59. The summed E-state index contributed by atoms with van der Waals surface area (Å²) in [7, 11) is 2.03. The Labute approximate surface area is 108 Å². The molecule has 0 bridgehead atoms. The van der Waals surface area contributed by atoms with Crippen molar-refractivity contribution < 1.29 is 14.6 Å². The van der Waals surface area contributed by atoms with Crippen LogP contribution >= 0.6 is 0 Å². The molecule has 1 unspecified atom stereocenters. The van der Waals surface area contributed by atoms with Gasteiger partial charge in [-0.15, -0.1) is 0 Å². The first-order valence-corrected chi connectivity index (χ1v) is 6.41. The third-order valence-electron chi connectivity index (χ3n) is 4.52. The Morgan fingerprint density at radius 2 is 2.28 bits per heavy atom. The van der Waals surface area contributed by atoms with Crippen LogP contribution in [0.1, 0.15) is 19.3 Å². The van der Waals surface area contributed by atoms with Crippen molar-refractivity contribution in [1.82, 2.24) is 10.2 Å². The van der Waals surface area contributed by atoms with Gasteiger partial charge >= 0.3 is 0 Å². The summed E-state index contributed by atoms with van der Waals surface area (Å²) < 4.78 is 5.69. The number of morpholine rings is 1. The number of carbonyl (C=O) groups is 1. The van der Waals surface area contributed by atoms with Crippen molar-refractivity contribution in [2.75, 3.05) is 33.4 Å². The van der Waals surface area contributed by atoms with Crippen molar-refractivity contribution >= 4 is 5.91 Å². The summed E-state index contributed by atoms with van der Waals surface area (Å²) in [6, 6.07) is 0. The van der Waals surface area contributed by atoms with Gasteiger partial charge in [-0.05, 0) is 32.4 Å². The van der Waals surface area contributed by atoms with Crippen molar-refractivity contribution in [1.29, 1.82) is 0 Å². The zero-order valence-electron chi connectivity index (χ0n) is 10.9. The highest BCUT2D eigenvalue weighted by Gasteiger charge is 2.53. The summed E-state index contributed by atoms with van der Waals surface area (Å²) in [5.74, 6) is -0.218. The monoisotopic (exact) mass is 254 g/mol. The second-order valence-electron chi connectivity index (χ2n) is 5.43. The van der Waals surface area contributed by atoms with E-state index in [4.69, 9.17) is 4.74 Å². The number of nitrogens with one attached hydrogen (secondary N) is 1. The maximum Gasteiger partial charge on any atom is 0.243 e. The third kappa shape index (κ3) is 2.06. The smallest absolute Gasteiger partial charge is 0.243 e. The van der Waals surface area contributed by atoms with Gasteiger partial charge in [-0.3, -0.25) is 9.69 Å². The first-order valence-electron chi connectivity index (χ1n) is 6.41. The number of hydrogen-bond acceptors (Lipinski definition) is 4. The number of rotatable bonds is 4. The van der Waals surface area contributed by atoms with Crippen LogP contribution in [0.25, 0.3) is 0 Å². The minimum Gasteiger partial charge on any atom is -0.394 e. The first kappa shape index (κ1) is 13.5. The molecule has 2 aliphatic rings. The lowest BCUT2D eigenvalue weighted by molar-refractivity contribution is -0.180. The molecule has 0 radical (unpaired) electrons. The van der Waals surface area contributed by atoms with Crippen LogP contribution in [0, 0.1) is 0 Å². The van der Waals surface area contributed by atoms with E-state index in [0.717, 1.165) is 19.4 Å². The van der Waals surface area contributed by atoms with E-state index in [-0.39, 0.29) is 18.1 Å². The second-order valence-corrected chi connectivity index (χ2v) is 5.43. The molecule has 1 atom stereocenters. The Morgan fingerprint density at radius 3 is 2.78 bits per heavy atom. The van der Waals surface area contributed by atoms with Gasteiger partial charge in [0.25, 0.3) is 0 Å². The predicted octanol–water partition coefficient (Wildman–Crippen LogP) is -0.0956. The number of hydrogen-bond donors (Lipinski definition) is 2. The highest BCUT2D eigenvalue weighted by molar-refractivity contribution is 5.86. The van der Waals surface area contributed by atoms with Crippen LogP contribution < -0.4 is 5.32 Å². The number of nitrogens with zero attached hydrogens (tertiary/aromatic N) is 1. The van der Waals surface area contributed by atoms with E-state index in [1.54, 1.807) is 0 Å². The van der Waals surface area contributed by atoms with Gasteiger partial charge < -0.3 is 15.2 Å². The van der Waals surface area contributed by atoms with Crippen LogP contribution in [-0.2, 0) is 9.53 Å². The maximum absolute atomic E-state index is 11.3. The quantitative estimate of drug-likeness (QED) is 0.688. The standard InChI is InChI=1S/C13H22N2O3/c1-3-11(17)14-7-13(8-16)10-18-9-12(15(13)2)5-4-6-12/h3,16H,1,4-10H2,2H3,(H,14,17). The van der Waals surface area contributed by atoms with E-state index in [1.165, 1.54) is 12.5 Å². The molecule has 0 aromatic carbocycles. The SMILES string of the molecule is C=CC(=O)NCC1(CO)COCC2(CCC2)N1C. The van der Waals surface area contributed by atoms with E-state index in [9.17, 15) is 9.90 Å². The van der Waals surface area contributed by atoms with E-state index in [2.05, 4.69) is 16.8 Å². The zero-order valence-corrected chi connectivity index (χ0v) is 10.9. The van der Waals surface area contributed by atoms with Gasteiger partial charge in [0.05, 0.1) is 25.4 Å². The number of amides is 1. The van der Waals surface area contributed by atoms with E-state index in [1.807, 2.05) is 7.05 Å². The molecule has 1 amide bonds. The molecule has 1 heterocycles. The van der Waals surface area contributed by atoms with Crippen molar-refractivity contribution in [3.8, 4) is 0 Å². The molecular formula is C13H22N2O3. The fraction of sp³-hybridized carbons (Fsp3) is 0.769. The summed E-state index contributed by atoms with van der Waals surface area (Å²) >= 11 is 0. The summed E-state index contributed by atoms with van der Waals surface area (Å²) in [6.45, 7) is 4.95. The van der Waals surface area contributed by atoms with Gasteiger partial charge in [-0.25, -0.2) is 0 Å². The first-order chi connectivity index (χ1) is 8.58. The molecule has 0 aromatic rings. The zero-order chi connectivity index (χ0) is 13.2. The van der Waals surface area contributed by atoms with Crippen molar-refractivity contribution in [2.45, 2.75) is 30.3 Å². The summed E-state index contributed by atoms with van der Waals surface area (Å²) in [4.78, 5) is 13.5. The van der Waals surface area contributed by atoms with E-state index < -0.39 is 5.54 Å². The largest absolute Gasteiger partial charge is 0.394 e. The molecule has 2 rings (SSSR count). The lowest BCUT2D eigenvalue weighted by Crippen LogP contribution is -2.73. The van der Waals surface area contributed by atoms with Crippen LogP contribution in [0.3, 0.4) is 0 Å². The molecule has 1 aliphatic carbocycles. The van der Waals surface area contributed by atoms with Gasteiger partial charge in [0.2, 0.25) is 5.91 Å². The molecule has 5 heteroatoms. The van der Waals surface area contributed by atoms with E-state index >= 15 is 0 Å². The molecular weight excluding hydrogens is 232 g/mol. The number of aliphatic hydroxyl groups is 1. The minimum atomic E-state index is -0.517. The van der Waals surface area contributed by atoms with Crippen molar-refractivity contribution in [2.24, 2.45) is 0 Å². The Morgan fingerprint density at radius 1 is 1.56 bits per heavy atom. The topological polar surface area (TPSA) is 61.8 Å². The Bertz CT molecular complexity index is 341. The molecule has 102 valence electrons. The second kappa shape index (κ2) is 4.99. The van der Waals surface area contributed by atoms with Gasteiger partial charge in [0.1, 0.15) is 0 Å². The molecule has 1 aliphatic heterocycles. The lowest BCUT2D eigenvalue weighted by atomic mass is 9.72. The summed E-state index contributed by atoms with van der Waals surface area (Å²) in [5, 5.41) is 12.5. The number of ether oxygens (including phenoxy) is 1. The van der Waals surface area contributed by atoms with Crippen LogP contribution in [0.4, 0.5) is 0 Å². The molecule has 1 spiro atoms. The fourth-order valence-corrected chi connectivity index (χ4v) is 2.89. The third-order valence-corrected chi connectivity index (χ3v) is 4.52. The molecule has 5 nitrogen and oxygen atoms in total. The average Bonchev–Trinajstić information content (AvgIpc) is 2.35. The Kier molecular flexibility index (Phi) is 3.75. The van der Waals surface area contributed by atoms with Gasteiger partial charge in [-0.2, -0.15) is 0 Å². The predicted molar refractivity (Wildman–Crippen MR) is 68.2 cm³/mol. The maximum atomic E-state index is 11.3. The molecule has 0 aromatic heterocycles. The van der Waals surface area contributed by atoms with Gasteiger partial charge in [0.15, 0.2) is 0 Å². The Hall–Kier alpha value is -0.910. The fourth-order valence-electron chi connectivity index (χ4n) is 2.89. The molecule has 2 N–H and O–H groups in total. The number of carbonyl (C=O) groups excluding carboxylic acids is 1. The molecule has 2 fully saturated rings. The van der Waals surface area contributed by atoms with Crippen LogP contribution in [0.5, 0.6) is 0 Å². The number of likely N-dealkylation sites (N-methyl/N-ethyl adjacent to an activating group) is 1. The van der Waals surface area contributed by atoms with Gasteiger partial charge in [0, 0.05) is 12.1 Å². The van der Waals surface area contributed by atoms with Crippen LogP contribution in [0.2, 0.25) is 0 Å². The summed E-state index contributed by atoms with van der Waals surface area (Å²) in [5.41, 5.74) is -0.461. The van der Waals surface area contributed by atoms with Gasteiger partial charge in [-0.1, -0.05) is 6.58 Å². The summed E-state index contributed by atoms with van der Waals surface area (Å²) in [6.07, 6.45) is 4.64. The normalized spacial score (nSPS) is 30.8. The highest BCUT2D eigenvalue weighted by atomic mass is 16.5. The molecule has 1 saturated carbocycles. The molecule has 1 saturated heterocycles. The minimum absolute atomic E-state index is 0.0251. The Balaban J connectivity index is 2.09. The average molecular weight is 254 g/mol. The van der Waals surface area contributed by atoms with Crippen molar-refractivity contribution in [3.63, 3.8) is 0 Å². The molecule has 18 heavy (non-hydrogen) atoms. The van der Waals surface area contributed by atoms with Crippen molar-refractivity contribution in [3.05, 3.63) is 12.7 Å². The van der Waals surface area contributed by atoms with Crippen LogP contribution in [-0.4, -0.2) is 60.4 Å². The number of aliphatic hydroxyl groups excluding tert-OH is 1. The van der Waals surface area contributed by atoms with E-state index in [0.29, 0.717) is 13.2 Å².